The fraction of sp³-hybridized carbons (Fsp3) is 1.00. The minimum absolute atomic E-state index is 0.368. The van der Waals surface area contributed by atoms with Gasteiger partial charge in [-0.2, -0.15) is 0 Å². The van der Waals surface area contributed by atoms with Gasteiger partial charge in [-0.1, -0.05) is 20.3 Å². The summed E-state index contributed by atoms with van der Waals surface area (Å²) in [6.45, 7) is 8.33. The maximum absolute atomic E-state index is 9.66. The van der Waals surface area contributed by atoms with E-state index in [9.17, 15) is 5.11 Å². The quantitative estimate of drug-likeness (QED) is 0.699. The largest absolute Gasteiger partial charge is 0.389 e. The smallest absolute Gasteiger partial charge is 0.0897 e. The van der Waals surface area contributed by atoms with Crippen molar-refractivity contribution in [3.63, 3.8) is 0 Å². The maximum atomic E-state index is 9.66. The van der Waals surface area contributed by atoms with E-state index in [-0.39, 0.29) is 6.10 Å². The average Bonchev–Trinajstić information content (AvgIpc) is 2.64. The molecule has 0 saturated heterocycles. The third-order valence-electron chi connectivity index (χ3n) is 3.88. The summed E-state index contributed by atoms with van der Waals surface area (Å²) in [5.74, 6) is 1.60. The van der Waals surface area contributed by atoms with Gasteiger partial charge in [-0.25, -0.2) is 0 Å². The van der Waals surface area contributed by atoms with E-state index in [4.69, 9.17) is 4.74 Å². The van der Waals surface area contributed by atoms with E-state index in [1.807, 2.05) is 6.92 Å². The lowest BCUT2D eigenvalue weighted by Crippen LogP contribution is -2.39. The molecule has 1 rings (SSSR count). The second-order valence-corrected chi connectivity index (χ2v) is 4.93. The fourth-order valence-electron chi connectivity index (χ4n) is 2.71. The normalized spacial score (nSPS) is 31.9. The first-order chi connectivity index (χ1) is 7.69. The lowest BCUT2D eigenvalue weighted by molar-refractivity contribution is 0.0406. The Labute approximate surface area is 99.6 Å². The Balaban J connectivity index is 2.18. The van der Waals surface area contributed by atoms with E-state index in [1.54, 1.807) is 0 Å². The lowest BCUT2D eigenvalue weighted by atomic mass is 9.93. The summed E-state index contributed by atoms with van der Waals surface area (Å²) in [7, 11) is 0. The summed E-state index contributed by atoms with van der Waals surface area (Å²) < 4.78 is 5.19. The zero-order chi connectivity index (χ0) is 12.0. The van der Waals surface area contributed by atoms with Crippen LogP contribution in [0.2, 0.25) is 0 Å². The Hall–Kier alpha value is -0.120. The molecule has 1 aliphatic carbocycles. The molecule has 4 atom stereocenters. The molecule has 0 radical (unpaired) electrons. The number of aliphatic hydroxyl groups is 1. The van der Waals surface area contributed by atoms with E-state index >= 15 is 0 Å². The van der Waals surface area contributed by atoms with Crippen molar-refractivity contribution >= 4 is 0 Å². The molecular weight excluding hydrogens is 202 g/mol. The number of nitrogens with one attached hydrogen (secondary N) is 1. The molecule has 0 heterocycles. The van der Waals surface area contributed by atoms with Crippen LogP contribution < -0.4 is 5.32 Å². The molecule has 0 aliphatic heterocycles. The highest BCUT2D eigenvalue weighted by atomic mass is 16.5. The van der Waals surface area contributed by atoms with Crippen molar-refractivity contribution in [2.24, 2.45) is 11.8 Å². The summed E-state index contributed by atoms with van der Waals surface area (Å²) in [6, 6.07) is 0.584. The van der Waals surface area contributed by atoms with Gasteiger partial charge in [-0.15, -0.1) is 0 Å². The summed E-state index contributed by atoms with van der Waals surface area (Å²) >= 11 is 0. The Morgan fingerprint density at radius 3 is 2.69 bits per heavy atom. The number of hydrogen-bond acceptors (Lipinski definition) is 3. The zero-order valence-corrected chi connectivity index (χ0v) is 10.9. The molecule has 3 heteroatoms. The molecule has 16 heavy (non-hydrogen) atoms. The molecule has 1 saturated carbocycles. The Morgan fingerprint density at radius 2 is 2.12 bits per heavy atom. The fourth-order valence-corrected chi connectivity index (χ4v) is 2.71. The molecular formula is C13H27NO2. The molecule has 2 N–H and O–H groups in total. The summed E-state index contributed by atoms with van der Waals surface area (Å²) in [5, 5.41) is 13.1. The van der Waals surface area contributed by atoms with Crippen LogP contribution in [0.15, 0.2) is 0 Å². The molecule has 1 aliphatic rings. The van der Waals surface area contributed by atoms with Crippen LogP contribution >= 0.6 is 0 Å². The van der Waals surface area contributed by atoms with Gasteiger partial charge in [-0.3, -0.25) is 0 Å². The van der Waals surface area contributed by atoms with Crippen LogP contribution in [0.25, 0.3) is 0 Å². The van der Waals surface area contributed by atoms with Crippen LogP contribution in [0.3, 0.4) is 0 Å². The molecule has 1 fully saturated rings. The third-order valence-corrected chi connectivity index (χ3v) is 3.88. The average molecular weight is 229 g/mol. The Morgan fingerprint density at radius 1 is 1.38 bits per heavy atom. The molecule has 4 unspecified atom stereocenters. The van der Waals surface area contributed by atoms with Crippen molar-refractivity contribution in [2.45, 2.75) is 52.2 Å². The van der Waals surface area contributed by atoms with E-state index in [0.717, 1.165) is 11.8 Å². The van der Waals surface area contributed by atoms with Crippen molar-refractivity contribution < 1.29 is 9.84 Å². The third kappa shape index (κ3) is 4.04. The van der Waals surface area contributed by atoms with Crippen molar-refractivity contribution in [1.82, 2.24) is 5.32 Å². The monoisotopic (exact) mass is 229 g/mol. The van der Waals surface area contributed by atoms with Gasteiger partial charge in [0.05, 0.1) is 12.7 Å². The first-order valence-electron chi connectivity index (χ1n) is 6.68. The lowest BCUT2D eigenvalue weighted by Gasteiger charge is -2.22. The standard InChI is InChI=1S/C13H27NO2/c1-4-11-6-7-13(10(11)3)14-8-12(15)9-16-5-2/h10-15H,4-9H2,1-3H3. The molecule has 96 valence electrons. The van der Waals surface area contributed by atoms with Crippen LogP contribution in [0.1, 0.15) is 40.0 Å². The first-order valence-corrected chi connectivity index (χ1v) is 6.68. The maximum Gasteiger partial charge on any atom is 0.0897 e. The summed E-state index contributed by atoms with van der Waals surface area (Å²) in [4.78, 5) is 0. The highest BCUT2D eigenvalue weighted by Gasteiger charge is 2.31. The van der Waals surface area contributed by atoms with E-state index < -0.39 is 0 Å². The minimum atomic E-state index is -0.368. The Bertz CT molecular complexity index is 187. The van der Waals surface area contributed by atoms with Gasteiger partial charge in [0.1, 0.15) is 0 Å². The van der Waals surface area contributed by atoms with Gasteiger partial charge in [0.15, 0.2) is 0 Å². The van der Waals surface area contributed by atoms with Crippen molar-refractivity contribution in [1.29, 1.82) is 0 Å². The van der Waals surface area contributed by atoms with Gasteiger partial charge >= 0.3 is 0 Å². The number of hydrogen-bond donors (Lipinski definition) is 2. The van der Waals surface area contributed by atoms with Gasteiger partial charge in [0.25, 0.3) is 0 Å². The number of aliphatic hydroxyl groups excluding tert-OH is 1. The highest BCUT2D eigenvalue weighted by Crippen LogP contribution is 2.33. The van der Waals surface area contributed by atoms with Crippen LogP contribution in [0.5, 0.6) is 0 Å². The number of ether oxygens (including phenoxy) is 1. The molecule has 0 aromatic heterocycles. The molecule has 0 aromatic rings. The highest BCUT2D eigenvalue weighted by molar-refractivity contribution is 4.86. The summed E-state index contributed by atoms with van der Waals surface area (Å²) in [6.07, 6.45) is 3.49. The molecule has 3 nitrogen and oxygen atoms in total. The first kappa shape index (κ1) is 13.9. The van der Waals surface area contributed by atoms with E-state index in [0.29, 0.717) is 25.8 Å². The van der Waals surface area contributed by atoms with E-state index in [2.05, 4.69) is 19.2 Å². The second-order valence-electron chi connectivity index (χ2n) is 4.93. The van der Waals surface area contributed by atoms with Crippen molar-refractivity contribution in [2.75, 3.05) is 19.8 Å². The van der Waals surface area contributed by atoms with Gasteiger partial charge in [0.2, 0.25) is 0 Å². The van der Waals surface area contributed by atoms with Crippen LogP contribution in [-0.4, -0.2) is 37.0 Å². The second kappa shape index (κ2) is 7.25. The van der Waals surface area contributed by atoms with Crippen molar-refractivity contribution in [3.8, 4) is 0 Å². The van der Waals surface area contributed by atoms with Crippen LogP contribution in [0, 0.1) is 11.8 Å². The minimum Gasteiger partial charge on any atom is -0.389 e. The van der Waals surface area contributed by atoms with Gasteiger partial charge < -0.3 is 15.2 Å². The molecule has 0 bridgehead atoms. The predicted molar refractivity (Wildman–Crippen MR) is 66.5 cm³/mol. The molecule has 0 amide bonds. The van der Waals surface area contributed by atoms with Crippen LogP contribution in [0.4, 0.5) is 0 Å². The van der Waals surface area contributed by atoms with Gasteiger partial charge in [-0.05, 0) is 31.6 Å². The molecule has 0 aromatic carbocycles. The Kier molecular flexibility index (Phi) is 6.32. The van der Waals surface area contributed by atoms with Crippen molar-refractivity contribution in [3.05, 3.63) is 0 Å². The predicted octanol–water partition coefficient (Wildman–Crippen LogP) is 1.80. The number of rotatable bonds is 7. The molecule has 0 spiro atoms. The van der Waals surface area contributed by atoms with E-state index in [1.165, 1.54) is 19.3 Å². The topological polar surface area (TPSA) is 41.5 Å². The zero-order valence-electron chi connectivity index (χ0n) is 10.9. The summed E-state index contributed by atoms with van der Waals surface area (Å²) in [5.41, 5.74) is 0. The SMILES string of the molecule is CCOCC(O)CNC1CCC(CC)C1C. The van der Waals surface area contributed by atoms with Crippen LogP contribution in [-0.2, 0) is 4.74 Å². The van der Waals surface area contributed by atoms with Gasteiger partial charge in [0, 0.05) is 19.2 Å².